The Morgan fingerprint density at radius 3 is 2.87 bits per heavy atom. The molecule has 0 aliphatic carbocycles. The van der Waals surface area contributed by atoms with Gasteiger partial charge in [-0.15, -0.1) is 0 Å². The highest BCUT2D eigenvalue weighted by atomic mass is 79.9. The molecular formula is C11H14BrNO2. The molecule has 2 N–H and O–H groups in total. The van der Waals surface area contributed by atoms with E-state index in [-0.39, 0.29) is 12.5 Å². The summed E-state index contributed by atoms with van der Waals surface area (Å²) in [5.74, 6) is -0.158. The third-order valence-electron chi connectivity index (χ3n) is 2.07. The van der Waals surface area contributed by atoms with Crippen molar-refractivity contribution in [3.63, 3.8) is 0 Å². The Balaban J connectivity index is 2.78. The van der Waals surface area contributed by atoms with Gasteiger partial charge in [-0.05, 0) is 31.5 Å². The zero-order chi connectivity index (χ0) is 11.4. The summed E-state index contributed by atoms with van der Waals surface area (Å²) in [5.41, 5.74) is 1.53. The Kier molecular flexibility index (Phi) is 4.29. The van der Waals surface area contributed by atoms with Gasteiger partial charge in [-0.3, -0.25) is 4.79 Å². The van der Waals surface area contributed by atoms with Gasteiger partial charge in [0.1, 0.15) is 0 Å². The molecule has 1 aromatic rings. The van der Waals surface area contributed by atoms with Crippen LogP contribution in [-0.4, -0.2) is 23.7 Å². The smallest absolute Gasteiger partial charge is 0.251 e. The van der Waals surface area contributed by atoms with Crippen molar-refractivity contribution in [1.29, 1.82) is 0 Å². The number of halogens is 1. The molecule has 0 aliphatic rings. The van der Waals surface area contributed by atoms with Gasteiger partial charge in [0.15, 0.2) is 0 Å². The second kappa shape index (κ2) is 5.28. The van der Waals surface area contributed by atoms with Crippen LogP contribution in [0.2, 0.25) is 0 Å². The van der Waals surface area contributed by atoms with Gasteiger partial charge >= 0.3 is 0 Å². The Labute approximate surface area is 97.6 Å². The standard InChI is InChI=1S/C11H14BrNO2/c1-7(14)6-13-11(15)9-4-3-5-10(12)8(9)2/h3-5,7,14H,6H2,1-2H3,(H,13,15). The molecule has 0 bridgehead atoms. The van der Waals surface area contributed by atoms with Crippen molar-refractivity contribution in [1.82, 2.24) is 5.32 Å². The lowest BCUT2D eigenvalue weighted by Crippen LogP contribution is -2.31. The monoisotopic (exact) mass is 271 g/mol. The average Bonchev–Trinajstić information content (AvgIpc) is 2.18. The number of benzene rings is 1. The van der Waals surface area contributed by atoms with E-state index in [1.54, 1.807) is 13.0 Å². The first kappa shape index (κ1) is 12.2. The molecule has 0 fully saturated rings. The van der Waals surface area contributed by atoms with Gasteiger partial charge in [-0.25, -0.2) is 0 Å². The Hall–Kier alpha value is -0.870. The van der Waals surface area contributed by atoms with Crippen molar-refractivity contribution in [2.75, 3.05) is 6.54 Å². The van der Waals surface area contributed by atoms with Gasteiger partial charge in [-0.2, -0.15) is 0 Å². The summed E-state index contributed by atoms with van der Waals surface area (Å²) in [7, 11) is 0. The summed E-state index contributed by atoms with van der Waals surface area (Å²) in [5, 5.41) is 11.7. The Bertz CT molecular complexity index is 364. The second-order valence-electron chi connectivity index (χ2n) is 3.47. The summed E-state index contributed by atoms with van der Waals surface area (Å²) in [6.45, 7) is 3.78. The van der Waals surface area contributed by atoms with E-state index in [1.807, 2.05) is 19.1 Å². The molecule has 4 heteroatoms. The number of rotatable bonds is 3. The zero-order valence-electron chi connectivity index (χ0n) is 8.75. The molecule has 1 unspecified atom stereocenters. The molecule has 0 heterocycles. The summed E-state index contributed by atoms with van der Waals surface area (Å²) >= 11 is 3.36. The van der Waals surface area contributed by atoms with E-state index >= 15 is 0 Å². The normalized spacial score (nSPS) is 12.3. The number of amides is 1. The summed E-state index contributed by atoms with van der Waals surface area (Å²) in [6.07, 6.45) is -0.526. The SMILES string of the molecule is Cc1c(Br)cccc1C(=O)NCC(C)O. The van der Waals surface area contributed by atoms with E-state index < -0.39 is 6.10 Å². The predicted molar refractivity (Wildman–Crippen MR) is 62.9 cm³/mol. The molecule has 0 saturated carbocycles. The number of nitrogens with one attached hydrogen (secondary N) is 1. The van der Waals surface area contributed by atoms with E-state index in [4.69, 9.17) is 5.11 Å². The number of aliphatic hydroxyl groups excluding tert-OH is 1. The minimum atomic E-state index is -0.526. The van der Waals surface area contributed by atoms with E-state index in [0.29, 0.717) is 5.56 Å². The maximum absolute atomic E-state index is 11.7. The number of hydrogen-bond acceptors (Lipinski definition) is 2. The highest BCUT2D eigenvalue weighted by Gasteiger charge is 2.10. The molecule has 0 aliphatic heterocycles. The van der Waals surface area contributed by atoms with Crippen LogP contribution in [0.4, 0.5) is 0 Å². The van der Waals surface area contributed by atoms with E-state index in [1.165, 1.54) is 0 Å². The van der Waals surface area contributed by atoms with Crippen molar-refractivity contribution < 1.29 is 9.90 Å². The molecule has 3 nitrogen and oxygen atoms in total. The maximum atomic E-state index is 11.7. The number of hydrogen-bond donors (Lipinski definition) is 2. The number of aliphatic hydroxyl groups is 1. The lowest BCUT2D eigenvalue weighted by atomic mass is 10.1. The van der Waals surface area contributed by atoms with Crippen LogP contribution in [0.15, 0.2) is 22.7 Å². The number of carbonyl (C=O) groups is 1. The van der Waals surface area contributed by atoms with Crippen LogP contribution >= 0.6 is 15.9 Å². The minimum absolute atomic E-state index is 0.158. The highest BCUT2D eigenvalue weighted by molar-refractivity contribution is 9.10. The third kappa shape index (κ3) is 3.32. The van der Waals surface area contributed by atoms with Crippen molar-refractivity contribution in [2.45, 2.75) is 20.0 Å². The van der Waals surface area contributed by atoms with Gasteiger partial charge in [0.2, 0.25) is 0 Å². The van der Waals surface area contributed by atoms with Gasteiger partial charge < -0.3 is 10.4 Å². The summed E-state index contributed by atoms with van der Waals surface area (Å²) in [4.78, 5) is 11.7. The summed E-state index contributed by atoms with van der Waals surface area (Å²) < 4.78 is 0.909. The van der Waals surface area contributed by atoms with E-state index in [9.17, 15) is 4.79 Å². The van der Waals surface area contributed by atoms with Gasteiger partial charge in [-0.1, -0.05) is 22.0 Å². The summed E-state index contributed by atoms with van der Waals surface area (Å²) in [6, 6.07) is 5.46. The molecule has 1 rings (SSSR count). The lowest BCUT2D eigenvalue weighted by molar-refractivity contribution is 0.0923. The Morgan fingerprint density at radius 2 is 2.27 bits per heavy atom. The van der Waals surface area contributed by atoms with Crippen LogP contribution in [-0.2, 0) is 0 Å². The molecule has 0 aromatic heterocycles. The third-order valence-corrected chi connectivity index (χ3v) is 2.93. The Morgan fingerprint density at radius 1 is 1.60 bits per heavy atom. The minimum Gasteiger partial charge on any atom is -0.392 e. The van der Waals surface area contributed by atoms with Crippen LogP contribution in [0.5, 0.6) is 0 Å². The molecule has 0 radical (unpaired) electrons. The first-order valence-corrected chi connectivity index (χ1v) is 5.53. The van der Waals surface area contributed by atoms with Crippen molar-refractivity contribution in [3.05, 3.63) is 33.8 Å². The first-order chi connectivity index (χ1) is 7.02. The van der Waals surface area contributed by atoms with E-state index in [2.05, 4.69) is 21.2 Å². The second-order valence-corrected chi connectivity index (χ2v) is 4.33. The molecule has 1 aromatic carbocycles. The number of carbonyl (C=O) groups excluding carboxylic acids is 1. The van der Waals surface area contributed by atoms with Gasteiger partial charge in [0, 0.05) is 16.6 Å². The average molecular weight is 272 g/mol. The largest absolute Gasteiger partial charge is 0.392 e. The fourth-order valence-electron chi connectivity index (χ4n) is 1.19. The predicted octanol–water partition coefficient (Wildman–Crippen LogP) is 1.87. The van der Waals surface area contributed by atoms with Crippen molar-refractivity contribution >= 4 is 21.8 Å². The van der Waals surface area contributed by atoms with Crippen LogP contribution in [0.25, 0.3) is 0 Å². The van der Waals surface area contributed by atoms with Crippen molar-refractivity contribution in [3.8, 4) is 0 Å². The van der Waals surface area contributed by atoms with Crippen LogP contribution in [0, 0.1) is 6.92 Å². The molecule has 15 heavy (non-hydrogen) atoms. The van der Waals surface area contributed by atoms with Gasteiger partial charge in [0.05, 0.1) is 6.10 Å². The fraction of sp³-hybridized carbons (Fsp3) is 0.364. The van der Waals surface area contributed by atoms with Crippen LogP contribution < -0.4 is 5.32 Å². The van der Waals surface area contributed by atoms with Crippen LogP contribution in [0.1, 0.15) is 22.8 Å². The topological polar surface area (TPSA) is 49.3 Å². The van der Waals surface area contributed by atoms with Crippen molar-refractivity contribution in [2.24, 2.45) is 0 Å². The highest BCUT2D eigenvalue weighted by Crippen LogP contribution is 2.19. The van der Waals surface area contributed by atoms with Gasteiger partial charge in [0.25, 0.3) is 5.91 Å². The quantitative estimate of drug-likeness (QED) is 0.882. The fourth-order valence-corrected chi connectivity index (χ4v) is 1.56. The molecular weight excluding hydrogens is 258 g/mol. The lowest BCUT2D eigenvalue weighted by Gasteiger charge is -2.09. The molecule has 1 atom stereocenters. The molecule has 82 valence electrons. The molecule has 0 spiro atoms. The van der Waals surface area contributed by atoms with Crippen LogP contribution in [0.3, 0.4) is 0 Å². The zero-order valence-corrected chi connectivity index (χ0v) is 10.3. The molecule has 1 amide bonds. The maximum Gasteiger partial charge on any atom is 0.251 e. The molecule has 0 saturated heterocycles. The first-order valence-electron chi connectivity index (χ1n) is 4.73. The van der Waals surface area contributed by atoms with E-state index in [0.717, 1.165) is 10.0 Å².